The van der Waals surface area contributed by atoms with E-state index in [4.69, 9.17) is 4.74 Å². The smallest absolute Gasteiger partial charge is 0.168 e. The number of hydrogen-bond acceptors (Lipinski definition) is 4. The van der Waals surface area contributed by atoms with Crippen LogP contribution in [0, 0.1) is 23.7 Å². The van der Waals surface area contributed by atoms with E-state index >= 15 is 0 Å². The van der Waals surface area contributed by atoms with E-state index in [9.17, 15) is 15.0 Å². The van der Waals surface area contributed by atoms with E-state index in [2.05, 4.69) is 13.0 Å². The molecule has 7 atom stereocenters. The fourth-order valence-corrected chi connectivity index (χ4v) is 6.55. The first-order valence-corrected chi connectivity index (χ1v) is 12.5. The largest absolute Gasteiger partial charge is 0.392 e. The van der Waals surface area contributed by atoms with Crippen molar-refractivity contribution in [1.82, 2.24) is 0 Å². The number of ketones is 1. The minimum atomic E-state index is -0.856. The van der Waals surface area contributed by atoms with E-state index in [-0.39, 0.29) is 11.9 Å². The molecule has 0 aromatic rings. The molecule has 0 aromatic heterocycles. The standard InChI is InChI=1S/C26H40O4/c1-3-4-8-18-9-6-11-24(27)16(2)26(29)23-14-21-19-10-5-7-17(19)12-13-20(21)22(23)15-25(28)30-18/h14,16-19,21,24-25,27-28H,3-13,15H2,1-2H3/t16-,17?,18+,19?,21?,24+,25?/m1/s1. The van der Waals surface area contributed by atoms with Gasteiger partial charge in [-0.25, -0.2) is 0 Å². The van der Waals surface area contributed by atoms with E-state index in [0.29, 0.717) is 24.7 Å². The summed E-state index contributed by atoms with van der Waals surface area (Å²) < 4.78 is 6.10. The molecule has 4 nitrogen and oxygen atoms in total. The Balaban J connectivity index is 1.63. The molecule has 2 saturated carbocycles. The van der Waals surface area contributed by atoms with Crippen molar-refractivity contribution >= 4 is 5.78 Å². The molecular formula is C26H40O4. The third kappa shape index (κ3) is 4.47. The highest BCUT2D eigenvalue weighted by molar-refractivity contribution is 6.02. The van der Waals surface area contributed by atoms with Gasteiger partial charge < -0.3 is 14.9 Å². The number of unbranched alkanes of at least 4 members (excludes halogenated alkanes) is 1. The van der Waals surface area contributed by atoms with Crippen LogP contribution in [0.3, 0.4) is 0 Å². The maximum absolute atomic E-state index is 13.4. The fraction of sp³-hybridized carbons (Fsp3) is 0.808. The second kappa shape index (κ2) is 9.67. The van der Waals surface area contributed by atoms with Crippen molar-refractivity contribution in [1.29, 1.82) is 0 Å². The molecule has 0 radical (unpaired) electrons. The van der Waals surface area contributed by atoms with Gasteiger partial charge in [-0.15, -0.1) is 0 Å². The molecule has 1 aliphatic heterocycles. The zero-order valence-electron chi connectivity index (χ0n) is 18.8. The van der Waals surface area contributed by atoms with Gasteiger partial charge in [0.05, 0.1) is 12.2 Å². The number of aliphatic hydroxyl groups is 2. The molecule has 4 aliphatic rings. The summed E-state index contributed by atoms with van der Waals surface area (Å²) in [7, 11) is 0. The molecule has 4 heteroatoms. The Hall–Kier alpha value is -0.970. The summed E-state index contributed by atoms with van der Waals surface area (Å²) in [6.07, 6.45) is 12.7. The molecule has 30 heavy (non-hydrogen) atoms. The van der Waals surface area contributed by atoms with Gasteiger partial charge in [0.2, 0.25) is 0 Å². The van der Waals surface area contributed by atoms with Crippen LogP contribution in [-0.2, 0) is 9.53 Å². The van der Waals surface area contributed by atoms with Gasteiger partial charge in [-0.2, -0.15) is 0 Å². The van der Waals surface area contributed by atoms with Gasteiger partial charge >= 0.3 is 0 Å². The number of fused-ring (bicyclic) bond motifs is 4. The average Bonchev–Trinajstić information content (AvgIpc) is 3.34. The fourth-order valence-electron chi connectivity index (χ4n) is 6.55. The summed E-state index contributed by atoms with van der Waals surface area (Å²) in [6, 6.07) is 0. The lowest BCUT2D eigenvalue weighted by molar-refractivity contribution is -0.139. The number of carbonyl (C=O) groups excluding carboxylic acids is 1. The van der Waals surface area contributed by atoms with Gasteiger partial charge in [0.15, 0.2) is 12.1 Å². The molecule has 1 heterocycles. The summed E-state index contributed by atoms with van der Waals surface area (Å²) >= 11 is 0. The van der Waals surface area contributed by atoms with Crippen LogP contribution in [0.4, 0.5) is 0 Å². The Morgan fingerprint density at radius 1 is 1.10 bits per heavy atom. The van der Waals surface area contributed by atoms with E-state index in [1.54, 1.807) is 0 Å². The first kappa shape index (κ1) is 22.2. The Bertz CT molecular complexity index is 693. The SMILES string of the molecule is CCCC[C@H]1CCC[C@H](O)[C@@H](C)C(=O)C2=CC3C(=C2CC(O)O1)CCC1CCCC13. The van der Waals surface area contributed by atoms with E-state index in [1.165, 1.54) is 31.3 Å². The second-order valence-corrected chi connectivity index (χ2v) is 10.2. The number of carbonyl (C=O) groups is 1. The molecule has 0 bridgehead atoms. The van der Waals surface area contributed by atoms with Crippen LogP contribution in [-0.4, -0.2) is 34.5 Å². The van der Waals surface area contributed by atoms with Crippen LogP contribution in [0.2, 0.25) is 0 Å². The van der Waals surface area contributed by atoms with Crippen molar-refractivity contribution in [2.75, 3.05) is 0 Å². The molecule has 1 saturated heterocycles. The monoisotopic (exact) mass is 416 g/mol. The molecule has 168 valence electrons. The van der Waals surface area contributed by atoms with E-state index < -0.39 is 18.3 Å². The lowest BCUT2D eigenvalue weighted by atomic mass is 9.71. The summed E-state index contributed by atoms with van der Waals surface area (Å²) in [4.78, 5) is 13.4. The second-order valence-electron chi connectivity index (χ2n) is 10.2. The third-order valence-corrected chi connectivity index (χ3v) is 8.32. The topological polar surface area (TPSA) is 66.8 Å². The van der Waals surface area contributed by atoms with Crippen molar-refractivity contribution in [2.45, 2.75) is 109 Å². The summed E-state index contributed by atoms with van der Waals surface area (Å²) in [5.41, 5.74) is 3.20. The molecule has 4 rings (SSSR count). The van der Waals surface area contributed by atoms with Gasteiger partial charge in [0, 0.05) is 23.8 Å². The van der Waals surface area contributed by atoms with Gasteiger partial charge in [0.25, 0.3) is 0 Å². The molecule has 0 aromatic carbocycles. The van der Waals surface area contributed by atoms with Crippen molar-refractivity contribution in [3.05, 3.63) is 22.8 Å². The number of aliphatic hydroxyl groups excluding tert-OH is 2. The molecular weight excluding hydrogens is 376 g/mol. The first-order chi connectivity index (χ1) is 14.5. The van der Waals surface area contributed by atoms with Crippen LogP contribution >= 0.6 is 0 Å². The first-order valence-electron chi connectivity index (χ1n) is 12.5. The number of Topliss-reactive ketones (excluding diaryl/α,β-unsaturated/α-hetero) is 1. The van der Waals surface area contributed by atoms with Crippen molar-refractivity contribution in [3.63, 3.8) is 0 Å². The Labute approximate surface area is 181 Å². The number of allylic oxidation sites excluding steroid dienone is 3. The summed E-state index contributed by atoms with van der Waals surface area (Å²) in [5, 5.41) is 21.6. The average molecular weight is 417 g/mol. The minimum absolute atomic E-state index is 0.0263. The Kier molecular flexibility index (Phi) is 7.16. The number of ether oxygens (including phenoxy) is 1. The molecule has 0 spiro atoms. The zero-order chi connectivity index (χ0) is 21.3. The van der Waals surface area contributed by atoms with Gasteiger partial charge in [-0.1, -0.05) is 51.2 Å². The lowest BCUT2D eigenvalue weighted by Crippen LogP contribution is -2.30. The third-order valence-electron chi connectivity index (χ3n) is 8.32. The molecule has 4 unspecified atom stereocenters. The molecule has 3 fully saturated rings. The lowest BCUT2D eigenvalue weighted by Gasteiger charge is -2.33. The van der Waals surface area contributed by atoms with Crippen LogP contribution in [0.1, 0.15) is 90.9 Å². The number of hydrogen-bond donors (Lipinski definition) is 2. The quantitative estimate of drug-likeness (QED) is 0.673. The van der Waals surface area contributed by atoms with Crippen LogP contribution < -0.4 is 0 Å². The summed E-state index contributed by atoms with van der Waals surface area (Å²) in [6.45, 7) is 4.05. The normalized spacial score (nSPS) is 40.2. The molecule has 2 N–H and O–H groups in total. The highest BCUT2D eigenvalue weighted by atomic mass is 16.6. The Morgan fingerprint density at radius 2 is 1.90 bits per heavy atom. The van der Waals surface area contributed by atoms with Crippen molar-refractivity contribution < 1.29 is 19.7 Å². The van der Waals surface area contributed by atoms with Crippen molar-refractivity contribution in [3.8, 4) is 0 Å². The maximum atomic E-state index is 13.4. The van der Waals surface area contributed by atoms with Crippen LogP contribution in [0.25, 0.3) is 0 Å². The molecule has 3 aliphatic carbocycles. The van der Waals surface area contributed by atoms with Crippen LogP contribution in [0.5, 0.6) is 0 Å². The highest BCUT2D eigenvalue weighted by Gasteiger charge is 2.44. The number of rotatable bonds is 3. The maximum Gasteiger partial charge on any atom is 0.168 e. The zero-order valence-corrected chi connectivity index (χ0v) is 18.8. The van der Waals surface area contributed by atoms with E-state index in [0.717, 1.165) is 55.6 Å². The predicted octanol–water partition coefficient (Wildman–Crippen LogP) is 5.08. The highest BCUT2D eigenvalue weighted by Crippen LogP contribution is 2.53. The van der Waals surface area contributed by atoms with Crippen molar-refractivity contribution in [2.24, 2.45) is 23.7 Å². The minimum Gasteiger partial charge on any atom is -0.392 e. The van der Waals surface area contributed by atoms with Gasteiger partial charge in [-0.3, -0.25) is 4.79 Å². The molecule has 0 amide bonds. The van der Waals surface area contributed by atoms with Crippen LogP contribution in [0.15, 0.2) is 22.8 Å². The summed E-state index contributed by atoms with van der Waals surface area (Å²) in [5.74, 6) is 1.47. The van der Waals surface area contributed by atoms with E-state index in [1.807, 2.05) is 6.92 Å². The van der Waals surface area contributed by atoms with Gasteiger partial charge in [0.1, 0.15) is 0 Å². The van der Waals surface area contributed by atoms with Gasteiger partial charge in [-0.05, 0) is 62.4 Å². The Morgan fingerprint density at radius 3 is 2.70 bits per heavy atom. The predicted molar refractivity (Wildman–Crippen MR) is 118 cm³/mol.